The zero-order chi connectivity index (χ0) is 14.4. The Balaban J connectivity index is 2.65. The van der Waals surface area contributed by atoms with Gasteiger partial charge in [-0.1, -0.05) is 0 Å². The van der Waals surface area contributed by atoms with Crippen molar-refractivity contribution in [3.8, 4) is 0 Å². The predicted octanol–water partition coefficient (Wildman–Crippen LogP) is 2.95. The molecule has 0 aliphatic heterocycles. The zero-order valence-corrected chi connectivity index (χ0v) is 14.5. The Labute approximate surface area is 127 Å². The van der Waals surface area contributed by atoms with Crippen molar-refractivity contribution in [1.29, 1.82) is 0 Å². The summed E-state index contributed by atoms with van der Waals surface area (Å²) in [6.07, 6.45) is 5.19. The van der Waals surface area contributed by atoms with Crippen molar-refractivity contribution in [2.45, 2.75) is 41.0 Å². The van der Waals surface area contributed by atoms with Crippen LogP contribution < -0.4 is 5.73 Å². The average Bonchev–Trinajstić information content (AvgIpc) is 3.07. The van der Waals surface area contributed by atoms with Gasteiger partial charge in [0.25, 0.3) is 0 Å². The molecule has 1 unspecified atom stereocenters. The van der Waals surface area contributed by atoms with Crippen molar-refractivity contribution in [3.63, 3.8) is 0 Å². The van der Waals surface area contributed by atoms with Crippen LogP contribution >= 0.6 is 27.7 Å². The van der Waals surface area contributed by atoms with Crippen LogP contribution in [-0.2, 0) is 15.3 Å². The maximum Gasteiger partial charge on any atom is 0.176 e. The Hall–Kier alpha value is -0.0400. The molecule has 0 spiro atoms. The molecule has 0 heterocycles. The first-order chi connectivity index (χ1) is 8.72. The van der Waals surface area contributed by atoms with Crippen molar-refractivity contribution in [2.24, 2.45) is 5.73 Å². The molecule has 1 fully saturated rings. The first kappa shape index (κ1) is 15.4. The topological polar surface area (TPSA) is 60.2 Å². The molecule has 1 saturated carbocycles. The van der Waals surface area contributed by atoms with E-state index in [1.807, 2.05) is 25.3 Å². The van der Waals surface area contributed by atoms with E-state index in [2.05, 4.69) is 15.9 Å². The highest BCUT2D eigenvalue weighted by molar-refractivity contribution is 9.10. The molecule has 0 amide bonds. The van der Waals surface area contributed by atoms with Crippen LogP contribution in [0.4, 0.5) is 0 Å². The van der Waals surface area contributed by atoms with Crippen molar-refractivity contribution in [3.05, 3.63) is 22.2 Å². The van der Waals surface area contributed by atoms with E-state index in [0.29, 0.717) is 4.90 Å². The van der Waals surface area contributed by atoms with Gasteiger partial charge < -0.3 is 5.73 Å². The van der Waals surface area contributed by atoms with Crippen LogP contribution in [0, 0.1) is 0 Å². The molecule has 0 saturated heterocycles. The number of nitrogens with two attached hydrogens (primary N) is 1. The van der Waals surface area contributed by atoms with Gasteiger partial charge in [-0.25, -0.2) is 8.42 Å². The largest absolute Gasteiger partial charge is 0.327 e. The molecule has 1 aliphatic carbocycles. The summed E-state index contributed by atoms with van der Waals surface area (Å²) in [4.78, 5) is 1.17. The minimum Gasteiger partial charge on any atom is -0.327 e. The normalized spacial score (nSPS) is 19.2. The standard InChI is InChI=1S/C13H18BrNO2S2/c1-8(15)13(4-5-13)9-6-10(14)12(18-2)11(7-9)19(3,16)17/h6-8H,4-5,15H2,1-3H3. The van der Waals surface area contributed by atoms with Gasteiger partial charge in [0, 0.05) is 27.1 Å². The van der Waals surface area contributed by atoms with E-state index in [4.69, 9.17) is 5.73 Å². The Bertz CT molecular complexity index is 607. The lowest BCUT2D eigenvalue weighted by Gasteiger charge is -2.22. The smallest absolute Gasteiger partial charge is 0.176 e. The van der Waals surface area contributed by atoms with E-state index >= 15 is 0 Å². The number of hydrogen-bond acceptors (Lipinski definition) is 4. The van der Waals surface area contributed by atoms with E-state index in [-0.39, 0.29) is 11.5 Å². The highest BCUT2D eigenvalue weighted by Gasteiger charge is 2.48. The monoisotopic (exact) mass is 363 g/mol. The fourth-order valence-electron chi connectivity index (χ4n) is 2.47. The summed E-state index contributed by atoms with van der Waals surface area (Å²) in [5.74, 6) is 0. The van der Waals surface area contributed by atoms with Gasteiger partial charge in [0.2, 0.25) is 0 Å². The first-order valence-electron chi connectivity index (χ1n) is 6.06. The quantitative estimate of drug-likeness (QED) is 0.835. The third-order valence-corrected chi connectivity index (χ3v) is 6.83. The van der Waals surface area contributed by atoms with Gasteiger partial charge in [0.15, 0.2) is 9.84 Å². The molecule has 2 N–H and O–H groups in total. The molecule has 2 rings (SSSR count). The van der Waals surface area contributed by atoms with Crippen LogP contribution in [0.3, 0.4) is 0 Å². The highest BCUT2D eigenvalue weighted by atomic mass is 79.9. The maximum absolute atomic E-state index is 12.0. The molecular weight excluding hydrogens is 346 g/mol. The number of thioether (sulfide) groups is 1. The molecule has 1 aromatic rings. The van der Waals surface area contributed by atoms with E-state index < -0.39 is 9.84 Å². The third-order valence-electron chi connectivity index (χ3n) is 3.85. The minimum atomic E-state index is -3.24. The van der Waals surface area contributed by atoms with Crippen LogP contribution in [0.25, 0.3) is 0 Å². The van der Waals surface area contributed by atoms with Crippen molar-refractivity contribution in [1.82, 2.24) is 0 Å². The van der Waals surface area contributed by atoms with Gasteiger partial charge in [-0.3, -0.25) is 0 Å². The molecule has 1 aliphatic rings. The van der Waals surface area contributed by atoms with Crippen LogP contribution in [0.2, 0.25) is 0 Å². The molecule has 0 bridgehead atoms. The third kappa shape index (κ3) is 2.73. The van der Waals surface area contributed by atoms with Crippen LogP contribution in [-0.4, -0.2) is 27.0 Å². The Kier molecular flexibility index (Phi) is 4.09. The summed E-state index contributed by atoms with van der Waals surface area (Å²) < 4.78 is 24.8. The molecular formula is C13H18BrNO2S2. The molecule has 3 nitrogen and oxygen atoms in total. The van der Waals surface area contributed by atoms with Gasteiger partial charge in [0.1, 0.15) is 0 Å². The van der Waals surface area contributed by atoms with Crippen molar-refractivity contribution >= 4 is 37.5 Å². The maximum atomic E-state index is 12.0. The summed E-state index contributed by atoms with van der Waals surface area (Å²) in [7, 11) is -3.24. The molecule has 0 aromatic heterocycles. The highest BCUT2D eigenvalue weighted by Crippen LogP contribution is 2.52. The van der Waals surface area contributed by atoms with Crippen LogP contribution in [0.1, 0.15) is 25.3 Å². The summed E-state index contributed by atoms with van der Waals surface area (Å²) in [5, 5.41) is 0. The SMILES string of the molecule is CSc1c(Br)cc(C2(C(C)N)CC2)cc1S(C)(=O)=O. The van der Waals surface area contributed by atoms with E-state index in [1.54, 1.807) is 0 Å². The van der Waals surface area contributed by atoms with E-state index in [9.17, 15) is 8.42 Å². The molecule has 6 heteroatoms. The lowest BCUT2D eigenvalue weighted by molar-refractivity contribution is 0.553. The number of halogens is 1. The molecule has 0 radical (unpaired) electrons. The Morgan fingerprint density at radius 3 is 2.37 bits per heavy atom. The van der Waals surface area contributed by atoms with Crippen molar-refractivity contribution < 1.29 is 8.42 Å². The molecule has 1 atom stereocenters. The second-order valence-electron chi connectivity index (χ2n) is 5.21. The Morgan fingerprint density at radius 1 is 1.42 bits per heavy atom. The van der Waals surface area contributed by atoms with Crippen LogP contribution in [0.5, 0.6) is 0 Å². The second kappa shape index (κ2) is 5.06. The zero-order valence-electron chi connectivity index (χ0n) is 11.2. The van der Waals surface area contributed by atoms with Crippen LogP contribution in [0.15, 0.2) is 26.4 Å². The second-order valence-corrected chi connectivity index (χ2v) is 8.86. The van der Waals surface area contributed by atoms with Crippen molar-refractivity contribution in [2.75, 3.05) is 12.5 Å². The van der Waals surface area contributed by atoms with Gasteiger partial charge in [-0.2, -0.15) is 0 Å². The summed E-state index contributed by atoms with van der Waals surface area (Å²) in [6.45, 7) is 1.99. The fourth-order valence-corrected chi connectivity index (χ4v) is 5.55. The summed E-state index contributed by atoms with van der Waals surface area (Å²) in [6, 6.07) is 3.87. The molecule has 1 aromatic carbocycles. The summed E-state index contributed by atoms with van der Waals surface area (Å²) in [5.41, 5.74) is 7.07. The number of hydrogen-bond donors (Lipinski definition) is 1. The summed E-state index contributed by atoms with van der Waals surface area (Å²) >= 11 is 4.93. The average molecular weight is 364 g/mol. The predicted molar refractivity (Wildman–Crippen MR) is 83.6 cm³/mol. The number of benzene rings is 1. The van der Waals surface area contributed by atoms with E-state index in [0.717, 1.165) is 27.8 Å². The Morgan fingerprint density at radius 2 is 2.00 bits per heavy atom. The molecule has 19 heavy (non-hydrogen) atoms. The number of sulfone groups is 1. The van der Waals surface area contributed by atoms with Gasteiger partial charge in [-0.15, -0.1) is 11.8 Å². The van der Waals surface area contributed by atoms with E-state index in [1.165, 1.54) is 18.0 Å². The van der Waals surface area contributed by atoms with Gasteiger partial charge in [0.05, 0.1) is 4.90 Å². The minimum absolute atomic E-state index is 0.0342. The van der Waals surface area contributed by atoms with Gasteiger partial charge in [-0.05, 0) is 59.6 Å². The fraction of sp³-hybridized carbons (Fsp3) is 0.538. The number of rotatable bonds is 4. The first-order valence-corrected chi connectivity index (χ1v) is 9.97. The molecule has 106 valence electrons. The lowest BCUT2D eigenvalue weighted by atomic mass is 9.89. The lowest BCUT2D eigenvalue weighted by Crippen LogP contribution is -2.31. The van der Waals surface area contributed by atoms with Gasteiger partial charge >= 0.3 is 0 Å².